The smallest absolute Gasteiger partial charge is 0.227 e. The Morgan fingerprint density at radius 1 is 0.810 bits per heavy atom. The maximum Gasteiger partial charge on any atom is 0.227 e. The summed E-state index contributed by atoms with van der Waals surface area (Å²) in [6.07, 6.45) is 1.73. The Balaban J connectivity index is 1.97. The van der Waals surface area contributed by atoms with Gasteiger partial charge in [0.25, 0.3) is 0 Å². The Labute approximate surface area is 121 Å². The van der Waals surface area contributed by atoms with Crippen molar-refractivity contribution in [1.29, 1.82) is 0 Å². The number of fused-ring (bicyclic) bond motifs is 3. The number of nitrogen functional groups attached to an aromatic ring is 2. The second kappa shape index (κ2) is 4.24. The van der Waals surface area contributed by atoms with Crippen LogP contribution in [0.15, 0.2) is 59.1 Å². The average Bonchev–Trinajstić information content (AvgIpc) is 2.88. The molecular weight excluding hydrogens is 262 g/mol. The van der Waals surface area contributed by atoms with Gasteiger partial charge in [-0.05, 0) is 47.5 Å². The van der Waals surface area contributed by atoms with Crippen LogP contribution in [-0.4, -0.2) is 4.98 Å². The fraction of sp³-hybridized carbons (Fsp3) is 0. The molecule has 4 aromatic rings. The number of furan rings is 1. The Kier molecular flexibility index (Phi) is 2.38. The quantitative estimate of drug-likeness (QED) is 0.518. The van der Waals surface area contributed by atoms with Crippen LogP contribution in [0.2, 0.25) is 0 Å². The van der Waals surface area contributed by atoms with Gasteiger partial charge in [0.2, 0.25) is 5.71 Å². The molecule has 4 rings (SSSR count). The molecule has 21 heavy (non-hydrogen) atoms. The standard InChI is InChI=1S/C17H13N3O/c18-14-5-3-11(9-15(14)19)10-4-6-16-13(8-10)12-2-1-7-20-17(12)21-16/h1-9H,18-19H2. The highest BCUT2D eigenvalue weighted by molar-refractivity contribution is 6.05. The van der Waals surface area contributed by atoms with E-state index in [2.05, 4.69) is 11.1 Å². The maximum absolute atomic E-state index is 5.89. The molecule has 0 aliphatic carbocycles. The number of rotatable bonds is 1. The summed E-state index contributed by atoms with van der Waals surface area (Å²) in [5, 5.41) is 2.06. The minimum atomic E-state index is 0.589. The van der Waals surface area contributed by atoms with Crippen molar-refractivity contribution in [2.75, 3.05) is 11.5 Å². The number of anilines is 2. The third kappa shape index (κ3) is 1.80. The molecule has 0 aliphatic rings. The van der Waals surface area contributed by atoms with Crippen molar-refractivity contribution in [3.63, 3.8) is 0 Å². The van der Waals surface area contributed by atoms with E-state index in [-0.39, 0.29) is 0 Å². The lowest BCUT2D eigenvalue weighted by Crippen LogP contribution is -1.94. The fourth-order valence-electron chi connectivity index (χ4n) is 2.54. The molecule has 0 aliphatic heterocycles. The topological polar surface area (TPSA) is 78.1 Å². The molecule has 4 nitrogen and oxygen atoms in total. The predicted molar refractivity (Wildman–Crippen MR) is 85.8 cm³/mol. The highest BCUT2D eigenvalue weighted by atomic mass is 16.3. The van der Waals surface area contributed by atoms with Crippen LogP contribution in [0, 0.1) is 0 Å². The lowest BCUT2D eigenvalue weighted by Gasteiger charge is -2.05. The van der Waals surface area contributed by atoms with Gasteiger partial charge in [0.15, 0.2) is 0 Å². The van der Waals surface area contributed by atoms with Crippen LogP contribution in [0.5, 0.6) is 0 Å². The van der Waals surface area contributed by atoms with Crippen molar-refractivity contribution in [2.45, 2.75) is 0 Å². The molecule has 2 heterocycles. The van der Waals surface area contributed by atoms with Crippen LogP contribution in [0.25, 0.3) is 33.2 Å². The lowest BCUT2D eigenvalue weighted by atomic mass is 10.0. The summed E-state index contributed by atoms with van der Waals surface area (Å²) in [6.45, 7) is 0. The molecule has 0 radical (unpaired) electrons. The van der Waals surface area contributed by atoms with Crippen LogP contribution in [-0.2, 0) is 0 Å². The van der Waals surface area contributed by atoms with Crippen molar-refractivity contribution in [1.82, 2.24) is 4.98 Å². The van der Waals surface area contributed by atoms with Gasteiger partial charge in [-0.2, -0.15) is 0 Å². The molecule has 0 amide bonds. The van der Waals surface area contributed by atoms with Gasteiger partial charge in [-0.25, -0.2) is 4.98 Å². The third-order valence-corrected chi connectivity index (χ3v) is 3.67. The van der Waals surface area contributed by atoms with E-state index in [0.29, 0.717) is 17.1 Å². The number of benzene rings is 2. The summed E-state index contributed by atoms with van der Waals surface area (Å²) in [5.74, 6) is 0. The predicted octanol–water partition coefficient (Wildman–Crippen LogP) is 3.81. The highest BCUT2D eigenvalue weighted by Crippen LogP contribution is 2.32. The number of nitrogens with two attached hydrogens (primary N) is 2. The SMILES string of the molecule is Nc1ccc(-c2ccc3oc4ncccc4c3c2)cc1N. The minimum absolute atomic E-state index is 0.589. The van der Waals surface area contributed by atoms with Crippen LogP contribution >= 0.6 is 0 Å². The van der Waals surface area contributed by atoms with E-state index in [9.17, 15) is 0 Å². The molecule has 0 bridgehead atoms. The van der Waals surface area contributed by atoms with E-state index in [1.54, 1.807) is 6.20 Å². The number of pyridine rings is 1. The first-order chi connectivity index (χ1) is 10.2. The fourth-order valence-corrected chi connectivity index (χ4v) is 2.54. The Morgan fingerprint density at radius 3 is 2.48 bits per heavy atom. The monoisotopic (exact) mass is 275 g/mol. The second-order valence-corrected chi connectivity index (χ2v) is 5.01. The van der Waals surface area contributed by atoms with E-state index in [0.717, 1.165) is 27.5 Å². The summed E-state index contributed by atoms with van der Waals surface area (Å²) >= 11 is 0. The van der Waals surface area contributed by atoms with Crippen molar-refractivity contribution in [2.24, 2.45) is 0 Å². The van der Waals surface area contributed by atoms with Gasteiger partial charge in [-0.3, -0.25) is 0 Å². The largest absolute Gasteiger partial charge is 0.438 e. The van der Waals surface area contributed by atoms with Gasteiger partial charge < -0.3 is 15.9 Å². The molecule has 2 aromatic carbocycles. The molecular formula is C17H13N3O. The van der Waals surface area contributed by atoms with E-state index < -0.39 is 0 Å². The number of hydrogen-bond donors (Lipinski definition) is 2. The third-order valence-electron chi connectivity index (χ3n) is 3.67. The number of nitrogens with zero attached hydrogens (tertiary/aromatic N) is 1. The molecule has 0 fully saturated rings. The molecule has 0 spiro atoms. The van der Waals surface area contributed by atoms with E-state index in [1.165, 1.54) is 0 Å². The van der Waals surface area contributed by atoms with E-state index in [1.807, 2.05) is 42.5 Å². The van der Waals surface area contributed by atoms with Crippen LogP contribution < -0.4 is 11.5 Å². The molecule has 0 atom stereocenters. The Hall–Kier alpha value is -3.01. The Morgan fingerprint density at radius 2 is 1.62 bits per heavy atom. The van der Waals surface area contributed by atoms with Crippen LogP contribution in [0.4, 0.5) is 11.4 Å². The lowest BCUT2D eigenvalue weighted by molar-refractivity contribution is 0.654. The van der Waals surface area contributed by atoms with Crippen molar-refractivity contribution in [3.05, 3.63) is 54.7 Å². The zero-order valence-electron chi connectivity index (χ0n) is 11.2. The summed E-state index contributed by atoms with van der Waals surface area (Å²) in [7, 11) is 0. The van der Waals surface area contributed by atoms with Crippen LogP contribution in [0.1, 0.15) is 0 Å². The summed E-state index contributed by atoms with van der Waals surface area (Å²) < 4.78 is 5.73. The first-order valence-corrected chi connectivity index (χ1v) is 6.65. The van der Waals surface area contributed by atoms with Crippen molar-refractivity contribution in [3.8, 4) is 11.1 Å². The molecule has 0 saturated carbocycles. The number of aromatic nitrogens is 1. The zero-order valence-corrected chi connectivity index (χ0v) is 11.2. The van der Waals surface area contributed by atoms with Gasteiger partial charge in [0, 0.05) is 17.0 Å². The zero-order chi connectivity index (χ0) is 14.4. The molecule has 0 saturated heterocycles. The van der Waals surface area contributed by atoms with Crippen molar-refractivity contribution >= 4 is 33.4 Å². The maximum atomic E-state index is 5.89. The van der Waals surface area contributed by atoms with Gasteiger partial charge in [-0.1, -0.05) is 12.1 Å². The van der Waals surface area contributed by atoms with Gasteiger partial charge >= 0.3 is 0 Å². The molecule has 102 valence electrons. The van der Waals surface area contributed by atoms with Crippen LogP contribution in [0.3, 0.4) is 0 Å². The molecule has 4 N–H and O–H groups in total. The highest BCUT2D eigenvalue weighted by Gasteiger charge is 2.09. The summed E-state index contributed by atoms with van der Waals surface area (Å²) in [4.78, 5) is 4.24. The van der Waals surface area contributed by atoms with Gasteiger partial charge in [0.1, 0.15) is 5.58 Å². The minimum Gasteiger partial charge on any atom is -0.438 e. The van der Waals surface area contributed by atoms with Crippen molar-refractivity contribution < 1.29 is 4.42 Å². The first kappa shape index (κ1) is 11.8. The molecule has 4 heteroatoms. The second-order valence-electron chi connectivity index (χ2n) is 5.01. The summed E-state index contributed by atoms with van der Waals surface area (Å²) in [5.41, 5.74) is 16.4. The summed E-state index contributed by atoms with van der Waals surface area (Å²) in [6, 6.07) is 15.6. The number of hydrogen-bond acceptors (Lipinski definition) is 4. The van der Waals surface area contributed by atoms with Gasteiger partial charge in [0.05, 0.1) is 11.4 Å². The Bertz CT molecular complexity index is 972. The van der Waals surface area contributed by atoms with E-state index >= 15 is 0 Å². The molecule has 2 aromatic heterocycles. The normalized spacial score (nSPS) is 11.2. The van der Waals surface area contributed by atoms with E-state index in [4.69, 9.17) is 15.9 Å². The van der Waals surface area contributed by atoms with Gasteiger partial charge in [-0.15, -0.1) is 0 Å². The first-order valence-electron chi connectivity index (χ1n) is 6.65. The average molecular weight is 275 g/mol. The molecule has 0 unspecified atom stereocenters.